The lowest BCUT2D eigenvalue weighted by molar-refractivity contribution is -0.133. The highest BCUT2D eigenvalue weighted by atomic mass is 16.4. The third-order valence-corrected chi connectivity index (χ3v) is 2.62. The molecule has 3 N–H and O–H groups in total. The lowest BCUT2D eigenvalue weighted by Gasteiger charge is -2.07. The van der Waals surface area contributed by atoms with Crippen molar-refractivity contribution in [2.75, 3.05) is 5.32 Å². The second-order valence-electron chi connectivity index (χ2n) is 3.86. The van der Waals surface area contributed by atoms with Crippen molar-refractivity contribution in [3.05, 3.63) is 41.0 Å². The summed E-state index contributed by atoms with van der Waals surface area (Å²) in [5.41, 5.74) is 1.46. The van der Waals surface area contributed by atoms with E-state index in [2.05, 4.69) is 5.32 Å². The maximum absolute atomic E-state index is 11.7. The summed E-state index contributed by atoms with van der Waals surface area (Å²) >= 11 is 0. The summed E-state index contributed by atoms with van der Waals surface area (Å²) in [6.45, 7) is 2.78. The number of rotatable bonds is 4. The Morgan fingerprint density at radius 3 is 2.11 bits per heavy atom. The molecular weight excluding hydrogens is 234 g/mol. The van der Waals surface area contributed by atoms with E-state index in [0.717, 1.165) is 5.56 Å². The summed E-state index contributed by atoms with van der Waals surface area (Å²) in [5.74, 6) is -1.56. The summed E-state index contributed by atoms with van der Waals surface area (Å²) in [5, 5.41) is 20.2. The van der Waals surface area contributed by atoms with Crippen molar-refractivity contribution in [1.82, 2.24) is 0 Å². The zero-order valence-electron chi connectivity index (χ0n) is 10.2. The highest BCUT2D eigenvalue weighted by molar-refractivity contribution is 6.08. The van der Waals surface area contributed by atoms with Crippen molar-refractivity contribution in [3.8, 4) is 0 Å². The van der Waals surface area contributed by atoms with E-state index in [0.29, 0.717) is 5.69 Å². The molecule has 96 valence electrons. The van der Waals surface area contributed by atoms with Gasteiger partial charge in [-0.1, -0.05) is 12.1 Å². The number of aliphatic carboxylic acids is 1. The van der Waals surface area contributed by atoms with Gasteiger partial charge in [0.1, 0.15) is 0 Å². The molecule has 0 atom stereocenters. The molecule has 0 unspecified atom stereocenters. The maximum Gasteiger partial charge on any atom is 0.331 e. The average Bonchev–Trinajstić information content (AvgIpc) is 2.37. The Balaban J connectivity index is 2.81. The minimum Gasteiger partial charge on any atom is -0.478 e. The van der Waals surface area contributed by atoms with Crippen LogP contribution in [0.4, 0.5) is 5.69 Å². The van der Waals surface area contributed by atoms with E-state index in [-0.39, 0.29) is 17.8 Å². The van der Waals surface area contributed by atoms with E-state index < -0.39 is 11.9 Å². The first kappa shape index (κ1) is 13.9. The largest absolute Gasteiger partial charge is 0.478 e. The number of carboxylic acids is 1. The van der Waals surface area contributed by atoms with Crippen LogP contribution in [0.2, 0.25) is 0 Å². The number of hydrogen-bond donors (Lipinski definition) is 3. The van der Waals surface area contributed by atoms with Gasteiger partial charge in [0.25, 0.3) is 5.91 Å². The summed E-state index contributed by atoms with van der Waals surface area (Å²) < 4.78 is 0. The van der Waals surface area contributed by atoms with Crippen molar-refractivity contribution in [2.45, 2.75) is 20.5 Å². The number of nitrogens with one attached hydrogen (secondary N) is 1. The van der Waals surface area contributed by atoms with Crippen LogP contribution in [0.15, 0.2) is 35.4 Å². The second kappa shape index (κ2) is 5.97. The van der Waals surface area contributed by atoms with Crippen molar-refractivity contribution >= 4 is 17.6 Å². The third-order valence-electron chi connectivity index (χ3n) is 2.62. The molecule has 0 radical (unpaired) electrons. The number of carbonyl (C=O) groups excluding carboxylic acids is 1. The van der Waals surface area contributed by atoms with Crippen LogP contribution in [0.25, 0.3) is 0 Å². The Bertz CT molecular complexity index is 488. The van der Waals surface area contributed by atoms with Crippen LogP contribution in [-0.4, -0.2) is 22.1 Å². The first-order valence-corrected chi connectivity index (χ1v) is 5.37. The van der Waals surface area contributed by atoms with E-state index >= 15 is 0 Å². The van der Waals surface area contributed by atoms with Crippen molar-refractivity contribution in [3.63, 3.8) is 0 Å². The number of carbonyl (C=O) groups is 2. The van der Waals surface area contributed by atoms with Crippen molar-refractivity contribution < 1.29 is 19.8 Å². The molecule has 0 aliphatic rings. The Kier molecular flexibility index (Phi) is 4.62. The summed E-state index contributed by atoms with van der Waals surface area (Å²) in [4.78, 5) is 22.4. The molecule has 0 heterocycles. The van der Waals surface area contributed by atoms with Crippen LogP contribution in [0.5, 0.6) is 0 Å². The summed E-state index contributed by atoms with van der Waals surface area (Å²) in [6, 6.07) is 6.65. The first-order valence-electron chi connectivity index (χ1n) is 5.37. The van der Waals surface area contributed by atoms with Crippen LogP contribution in [0, 0.1) is 0 Å². The lowest BCUT2D eigenvalue weighted by atomic mass is 10.1. The Hall–Kier alpha value is -2.14. The van der Waals surface area contributed by atoms with Gasteiger partial charge in [0, 0.05) is 16.8 Å². The van der Waals surface area contributed by atoms with Gasteiger partial charge in [-0.2, -0.15) is 0 Å². The number of aliphatic hydroxyl groups is 1. The fraction of sp³-hybridized carbons (Fsp3) is 0.231. The predicted octanol–water partition coefficient (Wildman–Crippen LogP) is 1.54. The molecule has 0 aliphatic carbocycles. The van der Waals surface area contributed by atoms with Gasteiger partial charge in [-0.05, 0) is 31.5 Å². The van der Waals surface area contributed by atoms with Crippen molar-refractivity contribution in [1.29, 1.82) is 0 Å². The Labute approximate surface area is 105 Å². The minimum atomic E-state index is -1.11. The molecule has 0 fully saturated rings. The van der Waals surface area contributed by atoms with Gasteiger partial charge in [0.2, 0.25) is 0 Å². The normalized spacial score (nSPS) is 11.7. The molecule has 1 aromatic carbocycles. The molecule has 5 nitrogen and oxygen atoms in total. The molecule has 0 aliphatic heterocycles. The molecule has 0 bridgehead atoms. The van der Waals surface area contributed by atoms with Gasteiger partial charge < -0.3 is 15.5 Å². The third kappa shape index (κ3) is 3.43. The van der Waals surface area contributed by atoms with Crippen LogP contribution >= 0.6 is 0 Å². The molecule has 0 saturated heterocycles. The van der Waals surface area contributed by atoms with Gasteiger partial charge in [-0.15, -0.1) is 0 Å². The SMILES string of the molecule is C/C(C(=O)O)=C(/C)C(=O)Nc1ccc(CO)cc1. The Morgan fingerprint density at radius 1 is 1.11 bits per heavy atom. The van der Waals surface area contributed by atoms with Crippen LogP contribution in [0.3, 0.4) is 0 Å². The summed E-state index contributed by atoms with van der Waals surface area (Å²) in [7, 11) is 0. The van der Waals surface area contributed by atoms with Gasteiger partial charge in [0.15, 0.2) is 0 Å². The van der Waals surface area contributed by atoms with Gasteiger partial charge in [-0.25, -0.2) is 4.79 Å². The number of aliphatic hydroxyl groups excluding tert-OH is 1. The number of hydrogen-bond acceptors (Lipinski definition) is 3. The zero-order chi connectivity index (χ0) is 13.7. The number of anilines is 1. The molecule has 18 heavy (non-hydrogen) atoms. The highest BCUT2D eigenvalue weighted by Crippen LogP contribution is 2.12. The van der Waals surface area contributed by atoms with Gasteiger partial charge in [-0.3, -0.25) is 4.79 Å². The van der Waals surface area contributed by atoms with Crippen LogP contribution < -0.4 is 5.32 Å². The molecule has 5 heteroatoms. The monoisotopic (exact) mass is 249 g/mol. The molecule has 1 amide bonds. The Morgan fingerprint density at radius 2 is 1.67 bits per heavy atom. The molecule has 0 aromatic heterocycles. The van der Waals surface area contributed by atoms with E-state index in [1.807, 2.05) is 0 Å². The molecular formula is C13H15NO4. The zero-order valence-corrected chi connectivity index (χ0v) is 10.2. The fourth-order valence-electron chi connectivity index (χ4n) is 1.25. The minimum absolute atomic E-state index is 0.0134. The quantitative estimate of drug-likeness (QED) is 0.706. The van der Waals surface area contributed by atoms with E-state index in [1.165, 1.54) is 13.8 Å². The smallest absolute Gasteiger partial charge is 0.331 e. The second-order valence-corrected chi connectivity index (χ2v) is 3.86. The summed E-state index contributed by atoms with van der Waals surface area (Å²) in [6.07, 6.45) is 0. The van der Waals surface area contributed by atoms with Gasteiger partial charge in [0.05, 0.1) is 6.61 Å². The topological polar surface area (TPSA) is 86.6 Å². The lowest BCUT2D eigenvalue weighted by Crippen LogP contribution is -2.16. The van der Waals surface area contributed by atoms with Gasteiger partial charge >= 0.3 is 5.97 Å². The number of benzene rings is 1. The highest BCUT2D eigenvalue weighted by Gasteiger charge is 2.12. The van der Waals surface area contributed by atoms with E-state index in [4.69, 9.17) is 10.2 Å². The molecule has 1 rings (SSSR count). The van der Waals surface area contributed by atoms with Crippen LogP contribution in [0.1, 0.15) is 19.4 Å². The maximum atomic E-state index is 11.7. The van der Waals surface area contributed by atoms with E-state index in [9.17, 15) is 9.59 Å². The standard InChI is InChI=1S/C13H15NO4/c1-8(9(2)13(17)18)12(16)14-11-5-3-10(7-15)4-6-11/h3-6,15H,7H2,1-2H3,(H,14,16)(H,17,18)/b9-8+. The van der Waals surface area contributed by atoms with Crippen LogP contribution in [-0.2, 0) is 16.2 Å². The molecule has 0 spiro atoms. The average molecular weight is 249 g/mol. The molecule has 1 aromatic rings. The predicted molar refractivity (Wildman–Crippen MR) is 67.0 cm³/mol. The number of carboxylic acid groups (broad SMARTS) is 1. The first-order chi connectivity index (χ1) is 8.45. The molecule has 0 saturated carbocycles. The number of amides is 1. The van der Waals surface area contributed by atoms with E-state index in [1.54, 1.807) is 24.3 Å². The fourth-order valence-corrected chi connectivity index (χ4v) is 1.25. The van der Waals surface area contributed by atoms with Crippen molar-refractivity contribution in [2.24, 2.45) is 0 Å².